The van der Waals surface area contributed by atoms with Crippen LogP contribution < -0.4 is 10.1 Å². The van der Waals surface area contributed by atoms with Gasteiger partial charge < -0.3 is 10.1 Å². The summed E-state index contributed by atoms with van der Waals surface area (Å²) in [6, 6.07) is 6.58. The van der Waals surface area contributed by atoms with Crippen LogP contribution in [0, 0.1) is 5.82 Å². The second-order valence-electron chi connectivity index (χ2n) is 4.44. The van der Waals surface area contributed by atoms with Gasteiger partial charge in [0.05, 0.1) is 29.4 Å². The van der Waals surface area contributed by atoms with Crippen molar-refractivity contribution in [3.05, 3.63) is 58.1 Å². The first-order chi connectivity index (χ1) is 10.0. The second kappa shape index (κ2) is 6.67. The minimum Gasteiger partial charge on any atom is -0.496 e. The van der Waals surface area contributed by atoms with Crippen molar-refractivity contribution in [2.24, 2.45) is 0 Å². The van der Waals surface area contributed by atoms with Crippen molar-refractivity contribution in [3.63, 3.8) is 0 Å². The number of nitrogens with one attached hydrogen (secondary N) is 1. The quantitative estimate of drug-likeness (QED) is 0.916. The van der Waals surface area contributed by atoms with E-state index in [2.05, 4.69) is 26.2 Å². The van der Waals surface area contributed by atoms with E-state index in [1.807, 2.05) is 19.1 Å². The zero-order chi connectivity index (χ0) is 15.4. The number of halogens is 2. The van der Waals surface area contributed by atoms with Gasteiger partial charge in [-0.3, -0.25) is 9.78 Å². The summed E-state index contributed by atoms with van der Waals surface area (Å²) in [4.78, 5) is 15.7. The highest BCUT2D eigenvalue weighted by atomic mass is 79.9. The number of carbonyl (C=O) groups excluding carboxylic acids is 1. The van der Waals surface area contributed by atoms with Crippen LogP contribution in [0.4, 0.5) is 4.39 Å². The molecule has 0 aliphatic heterocycles. The first-order valence-corrected chi connectivity index (χ1v) is 7.06. The molecule has 2 rings (SSSR count). The Morgan fingerprint density at radius 1 is 1.43 bits per heavy atom. The van der Waals surface area contributed by atoms with Gasteiger partial charge in [0.15, 0.2) is 5.82 Å². The third-order valence-corrected chi connectivity index (χ3v) is 3.66. The average Bonchev–Trinajstić information content (AvgIpc) is 2.47. The summed E-state index contributed by atoms with van der Waals surface area (Å²) in [7, 11) is 1.58. The zero-order valence-electron chi connectivity index (χ0n) is 11.6. The molecule has 0 saturated heterocycles. The topological polar surface area (TPSA) is 51.2 Å². The number of methoxy groups -OCH3 is 1. The van der Waals surface area contributed by atoms with Crippen molar-refractivity contribution in [2.75, 3.05) is 7.11 Å². The van der Waals surface area contributed by atoms with E-state index < -0.39 is 11.7 Å². The zero-order valence-corrected chi connectivity index (χ0v) is 13.1. The van der Waals surface area contributed by atoms with E-state index in [1.54, 1.807) is 13.2 Å². The molecule has 0 spiro atoms. The van der Waals surface area contributed by atoms with Crippen LogP contribution in [0.25, 0.3) is 0 Å². The Bertz CT molecular complexity index is 664. The molecule has 1 atom stereocenters. The molecule has 0 bridgehead atoms. The minimum atomic E-state index is -0.641. The Hall–Kier alpha value is -1.95. The maximum absolute atomic E-state index is 13.5. The summed E-state index contributed by atoms with van der Waals surface area (Å²) in [5.41, 5.74) is 0.856. The number of amides is 1. The van der Waals surface area contributed by atoms with Crippen molar-refractivity contribution in [2.45, 2.75) is 13.0 Å². The number of benzene rings is 1. The average molecular weight is 353 g/mol. The van der Waals surface area contributed by atoms with E-state index in [0.717, 1.165) is 16.2 Å². The minimum absolute atomic E-state index is 0.0237. The lowest BCUT2D eigenvalue weighted by atomic mass is 10.1. The Morgan fingerprint density at radius 2 is 2.19 bits per heavy atom. The van der Waals surface area contributed by atoms with Crippen LogP contribution in [0.2, 0.25) is 0 Å². The maximum atomic E-state index is 13.5. The van der Waals surface area contributed by atoms with Crippen molar-refractivity contribution < 1.29 is 13.9 Å². The maximum Gasteiger partial charge on any atom is 0.254 e. The lowest BCUT2D eigenvalue weighted by molar-refractivity contribution is 0.0935. The summed E-state index contributed by atoms with van der Waals surface area (Å²) in [6.45, 7) is 1.82. The highest BCUT2D eigenvalue weighted by Gasteiger charge is 2.15. The molecule has 21 heavy (non-hydrogen) atoms. The molecule has 1 aromatic carbocycles. The van der Waals surface area contributed by atoms with Gasteiger partial charge in [0, 0.05) is 6.20 Å². The summed E-state index contributed by atoms with van der Waals surface area (Å²) in [6.07, 6.45) is 2.40. The Kier molecular flexibility index (Phi) is 4.90. The summed E-state index contributed by atoms with van der Waals surface area (Å²) in [5, 5.41) is 2.75. The fraction of sp³-hybridized carbons (Fsp3) is 0.200. The molecule has 110 valence electrons. The standard InChI is InChI=1S/C15H14BrFN2O2/c1-9(10-3-4-14(21-2)12(16)7-10)19-15(20)11-5-6-18-8-13(11)17/h3-9H,1-2H3,(H,19,20). The SMILES string of the molecule is COc1ccc(C(C)NC(=O)c2ccncc2F)cc1Br. The van der Waals surface area contributed by atoms with Gasteiger partial charge in [0.2, 0.25) is 0 Å². The number of hydrogen-bond donors (Lipinski definition) is 1. The van der Waals surface area contributed by atoms with E-state index in [4.69, 9.17) is 4.74 Å². The fourth-order valence-electron chi connectivity index (χ4n) is 1.87. The van der Waals surface area contributed by atoms with Crippen molar-refractivity contribution in [1.82, 2.24) is 10.3 Å². The molecule has 0 aliphatic carbocycles. The summed E-state index contributed by atoms with van der Waals surface area (Å²) < 4.78 is 19.5. The fourth-order valence-corrected chi connectivity index (χ4v) is 2.43. The Labute approximate surface area is 130 Å². The molecule has 0 aliphatic rings. The molecule has 0 saturated carbocycles. The van der Waals surface area contributed by atoms with Gasteiger partial charge in [-0.2, -0.15) is 0 Å². The van der Waals surface area contributed by atoms with Gasteiger partial charge in [-0.1, -0.05) is 6.07 Å². The highest BCUT2D eigenvalue weighted by Crippen LogP contribution is 2.28. The first kappa shape index (κ1) is 15.4. The van der Waals surface area contributed by atoms with E-state index in [0.29, 0.717) is 5.75 Å². The molecule has 1 unspecified atom stereocenters. The highest BCUT2D eigenvalue weighted by molar-refractivity contribution is 9.10. The van der Waals surface area contributed by atoms with Crippen LogP contribution in [0.3, 0.4) is 0 Å². The Morgan fingerprint density at radius 3 is 2.81 bits per heavy atom. The predicted molar refractivity (Wildman–Crippen MR) is 80.8 cm³/mol. The number of aromatic nitrogens is 1. The molecule has 1 aromatic heterocycles. The molecule has 2 aromatic rings. The van der Waals surface area contributed by atoms with Crippen LogP contribution in [0.1, 0.15) is 28.9 Å². The smallest absolute Gasteiger partial charge is 0.254 e. The summed E-state index contributed by atoms with van der Waals surface area (Å²) >= 11 is 3.39. The van der Waals surface area contributed by atoms with Crippen LogP contribution in [0.15, 0.2) is 41.1 Å². The third kappa shape index (κ3) is 3.58. The van der Waals surface area contributed by atoms with Crippen LogP contribution in [-0.2, 0) is 0 Å². The third-order valence-electron chi connectivity index (χ3n) is 3.04. The number of pyridine rings is 1. The van der Waals surface area contributed by atoms with Gasteiger partial charge in [-0.05, 0) is 46.6 Å². The van der Waals surface area contributed by atoms with E-state index in [9.17, 15) is 9.18 Å². The lowest BCUT2D eigenvalue weighted by Gasteiger charge is -2.16. The molecule has 6 heteroatoms. The molecule has 4 nitrogen and oxygen atoms in total. The van der Waals surface area contributed by atoms with Gasteiger partial charge in [-0.25, -0.2) is 4.39 Å². The normalized spacial score (nSPS) is 11.8. The monoisotopic (exact) mass is 352 g/mol. The second-order valence-corrected chi connectivity index (χ2v) is 5.30. The number of hydrogen-bond acceptors (Lipinski definition) is 3. The van der Waals surface area contributed by atoms with Crippen molar-refractivity contribution in [3.8, 4) is 5.75 Å². The molecular weight excluding hydrogens is 339 g/mol. The number of rotatable bonds is 4. The van der Waals surface area contributed by atoms with E-state index >= 15 is 0 Å². The molecule has 1 N–H and O–H groups in total. The van der Waals surface area contributed by atoms with Crippen LogP contribution >= 0.6 is 15.9 Å². The van der Waals surface area contributed by atoms with Crippen molar-refractivity contribution >= 4 is 21.8 Å². The van der Waals surface area contributed by atoms with Crippen LogP contribution in [0.5, 0.6) is 5.75 Å². The van der Waals surface area contributed by atoms with Gasteiger partial charge in [0.25, 0.3) is 5.91 Å². The molecule has 1 heterocycles. The van der Waals surface area contributed by atoms with Gasteiger partial charge in [0.1, 0.15) is 5.75 Å². The number of carbonyl (C=O) groups is 1. The largest absolute Gasteiger partial charge is 0.496 e. The van der Waals surface area contributed by atoms with E-state index in [-0.39, 0.29) is 11.6 Å². The lowest BCUT2D eigenvalue weighted by Crippen LogP contribution is -2.27. The van der Waals surface area contributed by atoms with Crippen molar-refractivity contribution in [1.29, 1.82) is 0 Å². The predicted octanol–water partition coefficient (Wildman–Crippen LogP) is 3.48. The van der Waals surface area contributed by atoms with Gasteiger partial charge in [-0.15, -0.1) is 0 Å². The number of ether oxygens (including phenoxy) is 1. The Balaban J connectivity index is 2.14. The summed E-state index contributed by atoms with van der Waals surface area (Å²) in [5.74, 6) is -0.412. The molecular formula is C15H14BrFN2O2. The van der Waals surface area contributed by atoms with Crippen LogP contribution in [-0.4, -0.2) is 18.0 Å². The molecule has 0 fully saturated rings. The van der Waals surface area contributed by atoms with Gasteiger partial charge >= 0.3 is 0 Å². The van der Waals surface area contributed by atoms with E-state index in [1.165, 1.54) is 12.3 Å². The first-order valence-electron chi connectivity index (χ1n) is 6.26. The number of nitrogens with zero attached hydrogens (tertiary/aromatic N) is 1. The molecule has 1 amide bonds. The molecule has 0 radical (unpaired) electrons.